The molecule has 2 N–H and O–H groups in total. The van der Waals surface area contributed by atoms with Gasteiger partial charge in [0.05, 0.1) is 19.2 Å². The van der Waals surface area contributed by atoms with Gasteiger partial charge in [0, 0.05) is 13.1 Å². The highest BCUT2D eigenvalue weighted by Crippen LogP contribution is 2.30. The van der Waals surface area contributed by atoms with E-state index in [9.17, 15) is 14.7 Å². The molecule has 1 aliphatic heterocycles. The summed E-state index contributed by atoms with van der Waals surface area (Å²) < 4.78 is 4.97. The van der Waals surface area contributed by atoms with E-state index in [1.807, 2.05) is 0 Å². The van der Waals surface area contributed by atoms with Gasteiger partial charge in [-0.15, -0.1) is 0 Å². The Hall–Kier alpha value is -2.24. The van der Waals surface area contributed by atoms with Gasteiger partial charge in [0.25, 0.3) is 5.91 Å². The number of aromatic hydroxyl groups is 1. The first-order valence-corrected chi connectivity index (χ1v) is 6.05. The Kier molecular flexibility index (Phi) is 3.89. The van der Waals surface area contributed by atoms with Crippen LogP contribution in [0.4, 0.5) is 0 Å². The van der Waals surface area contributed by atoms with Gasteiger partial charge >= 0.3 is 0 Å². The highest BCUT2D eigenvalue weighted by atomic mass is 16.5. The van der Waals surface area contributed by atoms with Crippen LogP contribution in [0.1, 0.15) is 16.8 Å². The molecule has 19 heavy (non-hydrogen) atoms. The normalized spacial score (nSPS) is 15.6. The first kappa shape index (κ1) is 13.2. The third-order valence-electron chi connectivity index (χ3n) is 3.00. The summed E-state index contributed by atoms with van der Waals surface area (Å²) in [5.41, 5.74) is 0.147. The lowest BCUT2D eigenvalue weighted by Gasteiger charge is -2.20. The van der Waals surface area contributed by atoms with Crippen LogP contribution >= 0.6 is 0 Å². The number of nitrogens with zero attached hydrogens (tertiary/aromatic N) is 1. The van der Waals surface area contributed by atoms with Crippen molar-refractivity contribution in [2.24, 2.45) is 0 Å². The van der Waals surface area contributed by atoms with E-state index in [-0.39, 0.29) is 35.4 Å². The summed E-state index contributed by atoms with van der Waals surface area (Å²) in [7, 11) is 1.42. The van der Waals surface area contributed by atoms with E-state index in [0.717, 1.165) is 0 Å². The number of hydrogen-bond acceptors (Lipinski definition) is 4. The molecule has 1 heterocycles. The van der Waals surface area contributed by atoms with E-state index < -0.39 is 0 Å². The predicted molar refractivity (Wildman–Crippen MR) is 68.2 cm³/mol. The number of phenols is 1. The molecule has 1 saturated heterocycles. The fourth-order valence-electron chi connectivity index (χ4n) is 2.01. The molecule has 2 amide bonds. The fourth-order valence-corrected chi connectivity index (χ4v) is 2.01. The molecule has 0 aliphatic carbocycles. The van der Waals surface area contributed by atoms with E-state index in [4.69, 9.17) is 4.74 Å². The molecule has 1 aromatic carbocycles. The van der Waals surface area contributed by atoms with Crippen molar-refractivity contribution in [3.63, 3.8) is 0 Å². The maximum absolute atomic E-state index is 12.3. The van der Waals surface area contributed by atoms with Crippen LogP contribution < -0.4 is 10.1 Å². The summed E-state index contributed by atoms with van der Waals surface area (Å²) in [4.78, 5) is 25.2. The molecule has 6 nitrogen and oxygen atoms in total. The number of rotatable bonds is 2. The number of methoxy groups -OCH3 is 1. The standard InChI is InChI=1S/C13H16N2O4/c1-19-10-5-2-4-9(12(10)17)13(18)15-7-3-6-14-11(16)8-15/h2,4-5,17H,3,6-8H2,1H3,(H,14,16). The molecule has 1 aromatic rings. The summed E-state index contributed by atoms with van der Waals surface area (Å²) in [5, 5.41) is 12.7. The van der Waals surface area contributed by atoms with Gasteiger partial charge in [-0.2, -0.15) is 0 Å². The Labute approximate surface area is 111 Å². The first-order valence-electron chi connectivity index (χ1n) is 6.05. The number of nitrogens with one attached hydrogen (secondary N) is 1. The first-order chi connectivity index (χ1) is 9.13. The minimum absolute atomic E-state index is 0.00941. The predicted octanol–water partition coefficient (Wildman–Crippen LogP) is 0.363. The second-order valence-corrected chi connectivity index (χ2v) is 4.29. The lowest BCUT2D eigenvalue weighted by molar-refractivity contribution is -0.121. The third-order valence-corrected chi connectivity index (χ3v) is 3.00. The molecule has 2 rings (SSSR count). The molecule has 6 heteroatoms. The van der Waals surface area contributed by atoms with Crippen LogP contribution in [0.5, 0.6) is 11.5 Å². The van der Waals surface area contributed by atoms with Crippen LogP contribution in [-0.4, -0.2) is 48.6 Å². The summed E-state index contributed by atoms with van der Waals surface area (Å²) in [6.45, 7) is 1.05. The Morgan fingerprint density at radius 3 is 3.00 bits per heavy atom. The Morgan fingerprint density at radius 2 is 2.26 bits per heavy atom. The number of carbonyl (C=O) groups is 2. The second kappa shape index (κ2) is 5.60. The van der Waals surface area contributed by atoms with Gasteiger partial charge in [0.1, 0.15) is 0 Å². The molecule has 0 atom stereocenters. The van der Waals surface area contributed by atoms with E-state index in [1.54, 1.807) is 12.1 Å². The minimum atomic E-state index is -0.367. The fraction of sp³-hybridized carbons (Fsp3) is 0.385. The Morgan fingerprint density at radius 1 is 1.47 bits per heavy atom. The minimum Gasteiger partial charge on any atom is -0.504 e. The van der Waals surface area contributed by atoms with Crippen LogP contribution in [0.15, 0.2) is 18.2 Å². The number of ether oxygens (including phenoxy) is 1. The van der Waals surface area contributed by atoms with Gasteiger partial charge in [-0.1, -0.05) is 6.07 Å². The number of hydrogen-bond donors (Lipinski definition) is 2. The van der Waals surface area contributed by atoms with Crippen LogP contribution in [0, 0.1) is 0 Å². The second-order valence-electron chi connectivity index (χ2n) is 4.29. The van der Waals surface area contributed by atoms with Crippen molar-refractivity contribution < 1.29 is 19.4 Å². The van der Waals surface area contributed by atoms with Crippen molar-refractivity contribution >= 4 is 11.8 Å². The Balaban J connectivity index is 2.25. The molecular formula is C13H16N2O4. The van der Waals surface area contributed by atoms with Crippen molar-refractivity contribution in [1.29, 1.82) is 0 Å². The highest BCUT2D eigenvalue weighted by Gasteiger charge is 2.24. The van der Waals surface area contributed by atoms with Crippen LogP contribution in [0.3, 0.4) is 0 Å². The molecule has 102 valence electrons. The van der Waals surface area contributed by atoms with Gasteiger partial charge < -0.3 is 20.1 Å². The van der Waals surface area contributed by atoms with Crippen molar-refractivity contribution in [3.8, 4) is 11.5 Å². The monoisotopic (exact) mass is 264 g/mol. The van der Waals surface area contributed by atoms with Gasteiger partial charge in [-0.05, 0) is 18.6 Å². The molecule has 0 unspecified atom stereocenters. The van der Waals surface area contributed by atoms with Gasteiger partial charge in [-0.25, -0.2) is 0 Å². The van der Waals surface area contributed by atoms with Crippen LogP contribution in [-0.2, 0) is 4.79 Å². The third kappa shape index (κ3) is 2.78. The van der Waals surface area contributed by atoms with E-state index in [1.165, 1.54) is 18.1 Å². The smallest absolute Gasteiger partial charge is 0.258 e. The number of para-hydroxylation sites is 1. The van der Waals surface area contributed by atoms with E-state index in [2.05, 4.69) is 5.32 Å². The molecular weight excluding hydrogens is 248 g/mol. The number of benzene rings is 1. The molecule has 1 fully saturated rings. The van der Waals surface area contributed by atoms with E-state index >= 15 is 0 Å². The lowest BCUT2D eigenvalue weighted by Crippen LogP contribution is -2.37. The van der Waals surface area contributed by atoms with Gasteiger partial charge in [0.15, 0.2) is 11.5 Å². The summed E-state index contributed by atoms with van der Waals surface area (Å²) in [5.74, 6) is -0.508. The lowest BCUT2D eigenvalue weighted by atomic mass is 10.1. The van der Waals surface area contributed by atoms with Crippen molar-refractivity contribution in [1.82, 2.24) is 10.2 Å². The van der Waals surface area contributed by atoms with Gasteiger partial charge in [-0.3, -0.25) is 9.59 Å². The molecule has 1 aliphatic rings. The number of carbonyl (C=O) groups excluding carboxylic acids is 2. The Bertz CT molecular complexity index is 501. The maximum Gasteiger partial charge on any atom is 0.258 e. The zero-order chi connectivity index (χ0) is 13.8. The number of phenolic OH excluding ortho intramolecular Hbond substituents is 1. The zero-order valence-electron chi connectivity index (χ0n) is 10.7. The quantitative estimate of drug-likeness (QED) is 0.808. The van der Waals surface area contributed by atoms with Gasteiger partial charge in [0.2, 0.25) is 5.91 Å². The molecule has 0 saturated carbocycles. The van der Waals surface area contributed by atoms with Crippen LogP contribution in [0.2, 0.25) is 0 Å². The largest absolute Gasteiger partial charge is 0.504 e. The zero-order valence-corrected chi connectivity index (χ0v) is 10.7. The van der Waals surface area contributed by atoms with Crippen molar-refractivity contribution in [2.45, 2.75) is 6.42 Å². The highest BCUT2D eigenvalue weighted by molar-refractivity contribution is 5.99. The summed E-state index contributed by atoms with van der Waals surface area (Å²) >= 11 is 0. The molecule has 0 radical (unpaired) electrons. The van der Waals surface area contributed by atoms with E-state index in [0.29, 0.717) is 19.5 Å². The topological polar surface area (TPSA) is 78.9 Å². The molecule has 0 bridgehead atoms. The summed E-state index contributed by atoms with van der Waals surface area (Å²) in [6.07, 6.45) is 0.697. The van der Waals surface area contributed by atoms with Crippen LogP contribution in [0.25, 0.3) is 0 Å². The van der Waals surface area contributed by atoms with Crippen molar-refractivity contribution in [3.05, 3.63) is 23.8 Å². The molecule has 0 spiro atoms. The average molecular weight is 264 g/mol. The molecule has 0 aromatic heterocycles. The maximum atomic E-state index is 12.3. The summed E-state index contributed by atoms with van der Waals surface area (Å²) in [6, 6.07) is 4.72. The number of amides is 2. The average Bonchev–Trinajstić information content (AvgIpc) is 2.63. The SMILES string of the molecule is COc1cccc(C(=O)N2CCCNC(=O)C2)c1O. The van der Waals surface area contributed by atoms with Crippen molar-refractivity contribution in [2.75, 3.05) is 26.7 Å².